The summed E-state index contributed by atoms with van der Waals surface area (Å²) in [5.74, 6) is -4.38. The summed E-state index contributed by atoms with van der Waals surface area (Å²) in [6.45, 7) is 3.16. The third-order valence-electron chi connectivity index (χ3n) is 2.76. The molecule has 0 fully saturated rings. The summed E-state index contributed by atoms with van der Waals surface area (Å²) in [6, 6.07) is 5.39. The molecule has 0 saturated heterocycles. The van der Waals surface area contributed by atoms with Crippen molar-refractivity contribution in [3.05, 3.63) is 29.8 Å². The quantitative estimate of drug-likeness (QED) is 0.831. The summed E-state index contributed by atoms with van der Waals surface area (Å²) in [6.07, 6.45) is 0.226. The first-order valence-corrected chi connectivity index (χ1v) is 7.00. The Bertz CT molecular complexity index is 538. The van der Waals surface area contributed by atoms with E-state index in [9.17, 15) is 22.0 Å². The van der Waals surface area contributed by atoms with Gasteiger partial charge in [-0.1, -0.05) is 32.0 Å². The molecule has 3 nitrogen and oxygen atoms in total. The molecule has 0 N–H and O–H groups in total. The van der Waals surface area contributed by atoms with Gasteiger partial charge < -0.3 is 0 Å². The van der Waals surface area contributed by atoms with Crippen molar-refractivity contribution in [1.82, 2.24) is 0 Å². The summed E-state index contributed by atoms with van der Waals surface area (Å²) in [7, 11) is -4.68. The van der Waals surface area contributed by atoms with Gasteiger partial charge >= 0.3 is 5.76 Å². The minimum atomic E-state index is -4.68. The number of benzene rings is 1. The van der Waals surface area contributed by atoms with Crippen LogP contribution in [0.5, 0.6) is 0 Å². The van der Waals surface area contributed by atoms with Gasteiger partial charge in [-0.2, -0.15) is 8.78 Å². The molecule has 18 heavy (non-hydrogen) atoms. The van der Waals surface area contributed by atoms with Crippen molar-refractivity contribution in [2.75, 3.05) is 0 Å². The van der Waals surface area contributed by atoms with Crippen molar-refractivity contribution in [2.45, 2.75) is 36.8 Å². The Morgan fingerprint density at radius 1 is 1.28 bits per heavy atom. The number of hydrogen-bond acceptors (Lipinski definition) is 3. The Hall–Kier alpha value is -1.30. The first-order valence-electron chi connectivity index (χ1n) is 5.46. The minimum absolute atomic E-state index is 0.129. The molecule has 0 heterocycles. The zero-order valence-electron chi connectivity index (χ0n) is 10.1. The summed E-state index contributed by atoms with van der Waals surface area (Å²) in [5.41, 5.74) is 0.129. The minimum Gasteiger partial charge on any atom is -0.299 e. The van der Waals surface area contributed by atoms with Crippen LogP contribution in [0.1, 0.15) is 31.7 Å². The Balaban J connectivity index is 3.36. The molecule has 0 aliphatic carbocycles. The molecule has 0 radical (unpaired) electrons. The number of halogens is 2. The maximum absolute atomic E-state index is 12.6. The first-order chi connectivity index (χ1) is 8.32. The number of hydrogen-bond donors (Lipinski definition) is 0. The fraction of sp³-hybridized carbons (Fsp3) is 0.417. The second-order valence-corrected chi connectivity index (χ2v) is 5.77. The van der Waals surface area contributed by atoms with Crippen LogP contribution in [-0.2, 0) is 14.6 Å². The van der Waals surface area contributed by atoms with Crippen molar-refractivity contribution in [1.29, 1.82) is 0 Å². The van der Waals surface area contributed by atoms with Crippen LogP contribution in [0.2, 0.25) is 0 Å². The molecule has 0 spiro atoms. The lowest BCUT2D eigenvalue weighted by molar-refractivity contribution is -0.119. The molecule has 100 valence electrons. The summed E-state index contributed by atoms with van der Waals surface area (Å²) >= 11 is 0. The second-order valence-electron chi connectivity index (χ2n) is 3.89. The highest BCUT2D eigenvalue weighted by Crippen LogP contribution is 2.28. The van der Waals surface area contributed by atoms with Crippen molar-refractivity contribution in [3.63, 3.8) is 0 Å². The normalized spacial score (nSPS) is 13.6. The lowest BCUT2D eigenvalue weighted by Crippen LogP contribution is -2.17. The molecule has 6 heteroatoms. The fourth-order valence-electron chi connectivity index (χ4n) is 1.67. The van der Waals surface area contributed by atoms with E-state index < -0.39 is 26.4 Å². The van der Waals surface area contributed by atoms with Gasteiger partial charge in [-0.25, -0.2) is 8.42 Å². The number of carbonyl (C=O) groups is 1. The van der Waals surface area contributed by atoms with E-state index in [0.717, 1.165) is 6.07 Å². The van der Waals surface area contributed by atoms with Crippen LogP contribution in [0.15, 0.2) is 29.2 Å². The molecule has 0 aromatic heterocycles. The Morgan fingerprint density at radius 3 is 2.33 bits per heavy atom. The van der Waals surface area contributed by atoms with E-state index in [2.05, 4.69) is 0 Å². The molecule has 0 aliphatic rings. The molecule has 1 atom stereocenters. The first kappa shape index (κ1) is 14.8. The van der Waals surface area contributed by atoms with Gasteiger partial charge in [0.25, 0.3) is 0 Å². The van der Waals surface area contributed by atoms with Gasteiger partial charge in [-0.05, 0) is 11.6 Å². The van der Waals surface area contributed by atoms with Gasteiger partial charge in [0.15, 0.2) is 0 Å². The topological polar surface area (TPSA) is 51.2 Å². The van der Waals surface area contributed by atoms with Gasteiger partial charge in [0.1, 0.15) is 5.78 Å². The predicted molar refractivity (Wildman–Crippen MR) is 63.3 cm³/mol. The Morgan fingerprint density at radius 2 is 1.83 bits per heavy atom. The number of sulfone groups is 1. The SMILES string of the molecule is CCC(=O)C(C)c1ccccc1S(=O)(=O)C(F)F. The van der Waals surface area contributed by atoms with E-state index in [-0.39, 0.29) is 17.8 Å². The lowest BCUT2D eigenvalue weighted by atomic mass is 9.95. The van der Waals surface area contributed by atoms with Crippen LogP contribution in [0.25, 0.3) is 0 Å². The summed E-state index contributed by atoms with van der Waals surface area (Å²) in [5, 5.41) is 0. The largest absolute Gasteiger partial charge is 0.341 e. The van der Waals surface area contributed by atoms with Gasteiger partial charge in [-0.15, -0.1) is 0 Å². The summed E-state index contributed by atoms with van der Waals surface area (Å²) < 4.78 is 48.1. The molecule has 1 aromatic rings. The molecule has 0 bridgehead atoms. The molecule has 0 aliphatic heterocycles. The van der Waals surface area contributed by atoms with Crippen LogP contribution < -0.4 is 0 Å². The highest BCUT2D eigenvalue weighted by atomic mass is 32.2. The van der Waals surface area contributed by atoms with E-state index in [1.54, 1.807) is 6.92 Å². The zero-order chi connectivity index (χ0) is 13.9. The molecular formula is C12H14F2O3S. The predicted octanol–water partition coefficient (Wildman–Crippen LogP) is 2.77. The summed E-state index contributed by atoms with van der Waals surface area (Å²) in [4.78, 5) is 11.1. The molecule has 1 unspecified atom stereocenters. The number of Topliss-reactive ketones (excluding diaryl/α,β-unsaturated/α-hetero) is 1. The van der Waals surface area contributed by atoms with E-state index >= 15 is 0 Å². The van der Waals surface area contributed by atoms with Crippen LogP contribution in [-0.4, -0.2) is 20.0 Å². The van der Waals surface area contributed by atoms with E-state index in [4.69, 9.17) is 0 Å². The van der Waals surface area contributed by atoms with E-state index in [0.29, 0.717) is 0 Å². The highest BCUT2D eigenvalue weighted by Gasteiger charge is 2.31. The lowest BCUT2D eigenvalue weighted by Gasteiger charge is -2.14. The monoisotopic (exact) mass is 276 g/mol. The third kappa shape index (κ3) is 2.75. The van der Waals surface area contributed by atoms with Gasteiger partial charge in [-0.3, -0.25) is 4.79 Å². The average molecular weight is 276 g/mol. The molecular weight excluding hydrogens is 262 g/mol. The number of rotatable bonds is 5. The Kier molecular flexibility index (Phi) is 4.56. The van der Waals surface area contributed by atoms with E-state index in [1.807, 2.05) is 0 Å². The van der Waals surface area contributed by atoms with Crippen molar-refractivity contribution in [3.8, 4) is 0 Å². The van der Waals surface area contributed by atoms with Crippen LogP contribution in [0.3, 0.4) is 0 Å². The van der Waals surface area contributed by atoms with Crippen molar-refractivity contribution < 1.29 is 22.0 Å². The van der Waals surface area contributed by atoms with Crippen LogP contribution in [0.4, 0.5) is 8.78 Å². The number of ketones is 1. The molecule has 1 aromatic carbocycles. The van der Waals surface area contributed by atoms with Gasteiger partial charge in [0.2, 0.25) is 9.84 Å². The van der Waals surface area contributed by atoms with Crippen LogP contribution in [0, 0.1) is 0 Å². The smallest absolute Gasteiger partial charge is 0.299 e. The van der Waals surface area contributed by atoms with Crippen molar-refractivity contribution in [2.24, 2.45) is 0 Å². The van der Waals surface area contributed by atoms with Crippen LogP contribution >= 0.6 is 0 Å². The highest BCUT2D eigenvalue weighted by molar-refractivity contribution is 7.91. The molecule has 0 saturated carbocycles. The third-order valence-corrected chi connectivity index (χ3v) is 4.21. The standard InChI is InChI=1S/C12H14F2O3S/c1-3-10(15)8(2)9-6-4-5-7-11(9)18(16,17)12(13)14/h4-8,12H,3H2,1-2H3. The maximum Gasteiger partial charge on any atom is 0.341 e. The number of carbonyl (C=O) groups excluding carboxylic acids is 1. The average Bonchev–Trinajstić information content (AvgIpc) is 2.36. The van der Waals surface area contributed by atoms with Gasteiger partial charge in [0, 0.05) is 12.3 Å². The van der Waals surface area contributed by atoms with E-state index in [1.165, 1.54) is 25.1 Å². The molecule has 0 amide bonds. The van der Waals surface area contributed by atoms with Gasteiger partial charge in [0.05, 0.1) is 4.90 Å². The van der Waals surface area contributed by atoms with Crippen molar-refractivity contribution >= 4 is 15.6 Å². The zero-order valence-corrected chi connectivity index (χ0v) is 10.9. The number of alkyl halides is 2. The Labute approximate surface area is 105 Å². The fourth-order valence-corrected chi connectivity index (χ4v) is 2.71. The second kappa shape index (κ2) is 5.56. The maximum atomic E-state index is 12.6. The molecule has 1 rings (SSSR count).